The fraction of sp³-hybridized carbons (Fsp3) is 0.600. The van der Waals surface area contributed by atoms with E-state index in [0.29, 0.717) is 18.0 Å². The number of anilines is 1. The van der Waals surface area contributed by atoms with Crippen LogP contribution >= 0.6 is 11.3 Å². The van der Waals surface area contributed by atoms with Crippen LogP contribution in [0.1, 0.15) is 25.5 Å². The second kappa shape index (κ2) is 5.85. The second-order valence-corrected chi connectivity index (χ2v) is 6.87. The van der Waals surface area contributed by atoms with Crippen molar-refractivity contribution in [1.82, 2.24) is 4.98 Å². The lowest BCUT2D eigenvalue weighted by atomic mass is 10.3. The number of nitrogens with one attached hydrogen (secondary N) is 1. The van der Waals surface area contributed by atoms with Gasteiger partial charge in [0.2, 0.25) is 10.0 Å². The summed E-state index contributed by atoms with van der Waals surface area (Å²) < 4.78 is 31.5. The molecule has 0 bridgehead atoms. The topological polar surface area (TPSA) is 101 Å². The highest BCUT2D eigenvalue weighted by atomic mass is 32.2. The zero-order chi connectivity index (χ0) is 13.9. The number of rotatable bonds is 5. The van der Waals surface area contributed by atoms with Crippen molar-refractivity contribution in [3.05, 3.63) is 11.1 Å². The van der Waals surface area contributed by atoms with Gasteiger partial charge >= 0.3 is 0 Å². The van der Waals surface area contributed by atoms with Crippen LogP contribution in [-0.4, -0.2) is 42.8 Å². The van der Waals surface area contributed by atoms with Crippen molar-refractivity contribution < 1.29 is 18.4 Å². The molecule has 1 aromatic heterocycles. The molecule has 0 saturated carbocycles. The SMILES string of the molecule is CC(=NO)c1csc(NS(=O)(=O)CC2CCCO2)n1. The minimum atomic E-state index is -3.47. The summed E-state index contributed by atoms with van der Waals surface area (Å²) in [5.41, 5.74) is 0.781. The van der Waals surface area contributed by atoms with Gasteiger partial charge in [-0.1, -0.05) is 5.16 Å². The minimum absolute atomic E-state index is 0.0605. The largest absolute Gasteiger partial charge is 0.411 e. The predicted octanol–water partition coefficient (Wildman–Crippen LogP) is 1.26. The molecule has 7 nitrogen and oxygen atoms in total. The fourth-order valence-electron chi connectivity index (χ4n) is 1.73. The van der Waals surface area contributed by atoms with Crippen molar-refractivity contribution in [3.63, 3.8) is 0 Å². The summed E-state index contributed by atoms with van der Waals surface area (Å²) in [5.74, 6) is -0.0605. The van der Waals surface area contributed by atoms with Crippen LogP contribution in [0.3, 0.4) is 0 Å². The van der Waals surface area contributed by atoms with E-state index in [4.69, 9.17) is 9.94 Å². The number of thiazole rings is 1. The molecular weight excluding hydrogens is 290 g/mol. The van der Waals surface area contributed by atoms with Gasteiger partial charge in [0, 0.05) is 12.0 Å². The van der Waals surface area contributed by atoms with Gasteiger partial charge < -0.3 is 9.94 Å². The van der Waals surface area contributed by atoms with Gasteiger partial charge in [-0.05, 0) is 19.8 Å². The molecule has 0 aromatic carbocycles. The number of sulfonamides is 1. The molecule has 106 valence electrons. The zero-order valence-electron chi connectivity index (χ0n) is 10.4. The third kappa shape index (κ3) is 3.88. The van der Waals surface area contributed by atoms with E-state index in [1.165, 1.54) is 0 Å². The second-order valence-electron chi connectivity index (χ2n) is 4.24. The molecule has 2 N–H and O–H groups in total. The number of hydrogen-bond acceptors (Lipinski definition) is 7. The lowest BCUT2D eigenvalue weighted by Gasteiger charge is -2.10. The summed E-state index contributed by atoms with van der Waals surface area (Å²) in [6, 6.07) is 0. The lowest BCUT2D eigenvalue weighted by molar-refractivity contribution is 0.127. The molecule has 0 amide bonds. The number of ether oxygens (including phenoxy) is 1. The molecule has 1 unspecified atom stereocenters. The van der Waals surface area contributed by atoms with Gasteiger partial charge in [-0.25, -0.2) is 13.4 Å². The van der Waals surface area contributed by atoms with Crippen LogP contribution in [0, 0.1) is 0 Å². The Bertz CT molecular complexity index is 561. The molecular formula is C10H15N3O4S2. The van der Waals surface area contributed by atoms with Crippen LogP contribution in [0.25, 0.3) is 0 Å². The van der Waals surface area contributed by atoms with E-state index in [0.717, 1.165) is 24.2 Å². The average molecular weight is 305 g/mol. The molecule has 1 aromatic rings. The summed E-state index contributed by atoms with van der Waals surface area (Å²) in [4.78, 5) is 4.04. The Morgan fingerprint density at radius 3 is 3.16 bits per heavy atom. The van der Waals surface area contributed by atoms with Crippen LogP contribution in [0.2, 0.25) is 0 Å². The van der Waals surface area contributed by atoms with Crippen LogP contribution in [0.5, 0.6) is 0 Å². The van der Waals surface area contributed by atoms with Crippen molar-refractivity contribution in [2.24, 2.45) is 5.16 Å². The fourth-order valence-corrected chi connectivity index (χ4v) is 4.05. The van der Waals surface area contributed by atoms with Crippen molar-refractivity contribution >= 4 is 32.2 Å². The van der Waals surface area contributed by atoms with Gasteiger partial charge in [0.25, 0.3) is 0 Å². The molecule has 1 atom stereocenters. The monoisotopic (exact) mass is 305 g/mol. The molecule has 9 heteroatoms. The van der Waals surface area contributed by atoms with Crippen molar-refractivity contribution in [2.45, 2.75) is 25.9 Å². The molecule has 2 heterocycles. The molecule has 1 saturated heterocycles. The molecule has 0 spiro atoms. The highest BCUT2D eigenvalue weighted by molar-refractivity contribution is 7.92. The number of oxime groups is 1. The standard InChI is InChI=1S/C10H15N3O4S2/c1-7(12-14)9-5-18-10(11-9)13-19(15,16)6-8-3-2-4-17-8/h5,8,14H,2-4,6H2,1H3,(H,11,13). The van der Waals surface area contributed by atoms with Crippen LogP contribution < -0.4 is 4.72 Å². The van der Waals surface area contributed by atoms with Crippen molar-refractivity contribution in [2.75, 3.05) is 17.1 Å². The Hall–Kier alpha value is -1.19. The summed E-state index contributed by atoms with van der Waals surface area (Å²) in [6.45, 7) is 2.20. The van der Waals surface area contributed by atoms with Crippen molar-refractivity contribution in [1.29, 1.82) is 0 Å². The minimum Gasteiger partial charge on any atom is -0.411 e. The molecule has 0 radical (unpaired) electrons. The highest BCUT2D eigenvalue weighted by Gasteiger charge is 2.24. The molecule has 2 rings (SSSR count). The van der Waals surface area contributed by atoms with E-state index >= 15 is 0 Å². The number of nitrogens with zero attached hydrogens (tertiary/aromatic N) is 2. The normalized spacial score (nSPS) is 20.7. The number of hydrogen-bond donors (Lipinski definition) is 2. The third-order valence-electron chi connectivity index (χ3n) is 2.70. The first kappa shape index (κ1) is 14.2. The van der Waals surface area contributed by atoms with E-state index < -0.39 is 10.0 Å². The van der Waals surface area contributed by atoms with Gasteiger partial charge in [-0.3, -0.25) is 4.72 Å². The maximum atomic E-state index is 11.9. The molecule has 1 fully saturated rings. The molecule has 0 aliphatic carbocycles. The molecule has 19 heavy (non-hydrogen) atoms. The van der Waals surface area contributed by atoms with Gasteiger partial charge in [0.15, 0.2) is 5.13 Å². The average Bonchev–Trinajstić information content (AvgIpc) is 2.98. The summed E-state index contributed by atoms with van der Waals surface area (Å²) >= 11 is 1.14. The van der Waals surface area contributed by atoms with E-state index in [2.05, 4.69) is 14.9 Å². The van der Waals surface area contributed by atoms with Gasteiger partial charge in [-0.15, -0.1) is 11.3 Å². The zero-order valence-corrected chi connectivity index (χ0v) is 12.0. The number of aromatic nitrogens is 1. The maximum absolute atomic E-state index is 11.9. The Balaban J connectivity index is 2.01. The Kier molecular flexibility index (Phi) is 4.38. The first-order chi connectivity index (χ1) is 9.00. The van der Waals surface area contributed by atoms with Gasteiger partial charge in [-0.2, -0.15) is 0 Å². The Labute approximate surface area is 115 Å². The highest BCUT2D eigenvalue weighted by Crippen LogP contribution is 2.19. The van der Waals surface area contributed by atoms with E-state index in [1.54, 1.807) is 12.3 Å². The van der Waals surface area contributed by atoms with Crippen LogP contribution in [-0.2, 0) is 14.8 Å². The smallest absolute Gasteiger partial charge is 0.237 e. The van der Waals surface area contributed by atoms with Crippen LogP contribution in [0.4, 0.5) is 5.13 Å². The summed E-state index contributed by atoms with van der Waals surface area (Å²) in [7, 11) is -3.47. The Morgan fingerprint density at radius 1 is 1.74 bits per heavy atom. The predicted molar refractivity (Wildman–Crippen MR) is 72.5 cm³/mol. The first-order valence-electron chi connectivity index (χ1n) is 5.77. The molecule has 1 aliphatic rings. The van der Waals surface area contributed by atoms with Gasteiger partial charge in [0.1, 0.15) is 11.4 Å². The van der Waals surface area contributed by atoms with Gasteiger partial charge in [0.05, 0.1) is 11.9 Å². The third-order valence-corrected chi connectivity index (χ3v) is 4.90. The summed E-state index contributed by atoms with van der Waals surface area (Å²) in [6.07, 6.45) is 1.42. The van der Waals surface area contributed by atoms with E-state index in [9.17, 15) is 8.42 Å². The summed E-state index contributed by atoms with van der Waals surface area (Å²) in [5, 5.41) is 13.5. The lowest BCUT2D eigenvalue weighted by Crippen LogP contribution is -2.25. The van der Waals surface area contributed by atoms with E-state index in [1.807, 2.05) is 0 Å². The first-order valence-corrected chi connectivity index (χ1v) is 8.30. The Morgan fingerprint density at radius 2 is 2.53 bits per heavy atom. The van der Waals surface area contributed by atoms with Crippen LogP contribution in [0.15, 0.2) is 10.5 Å². The maximum Gasteiger partial charge on any atom is 0.237 e. The molecule has 1 aliphatic heterocycles. The quantitative estimate of drug-likeness (QED) is 0.484. The van der Waals surface area contributed by atoms with E-state index in [-0.39, 0.29) is 17.0 Å². The van der Waals surface area contributed by atoms with Crippen molar-refractivity contribution in [3.8, 4) is 0 Å².